The first-order chi connectivity index (χ1) is 12.9. The summed E-state index contributed by atoms with van der Waals surface area (Å²) in [5, 5.41) is 5.77. The maximum Gasteiger partial charge on any atom is 0.534 e. The molecule has 0 unspecified atom stereocenters. The highest BCUT2D eigenvalue weighted by molar-refractivity contribution is 7.88. The Morgan fingerprint density at radius 1 is 1.04 bits per heavy atom. The van der Waals surface area contributed by atoms with E-state index in [0.717, 1.165) is 17.1 Å². The number of carbonyl (C=O) groups excluding carboxylic acids is 1. The number of halogens is 4. The van der Waals surface area contributed by atoms with Crippen molar-refractivity contribution in [3.63, 3.8) is 0 Å². The van der Waals surface area contributed by atoms with Gasteiger partial charge in [-0.3, -0.25) is 4.79 Å². The molecule has 6 nitrogen and oxygen atoms in total. The molecule has 0 saturated carbocycles. The fraction of sp³-hybridized carbons (Fsp3) is 0.176. The Bertz CT molecular complexity index is 989. The summed E-state index contributed by atoms with van der Waals surface area (Å²) in [4.78, 5) is 11.5. The van der Waals surface area contributed by atoms with Crippen LogP contribution in [0, 0.1) is 0 Å². The third-order valence-electron chi connectivity index (χ3n) is 3.44. The molecule has 0 aromatic heterocycles. The number of hydrogen-bond acceptors (Lipinski definition) is 5. The molecule has 150 valence electrons. The lowest BCUT2D eigenvalue weighted by Crippen LogP contribution is -2.28. The van der Waals surface area contributed by atoms with E-state index < -0.39 is 21.4 Å². The van der Waals surface area contributed by atoms with Crippen molar-refractivity contribution in [1.82, 2.24) is 5.01 Å². The summed E-state index contributed by atoms with van der Waals surface area (Å²) in [6, 6.07) is 11.3. The molecule has 2 aromatic rings. The summed E-state index contributed by atoms with van der Waals surface area (Å²) < 4.78 is 63.5. The second-order valence-corrected chi connectivity index (χ2v) is 7.48. The molecule has 0 saturated heterocycles. The van der Waals surface area contributed by atoms with Gasteiger partial charge < -0.3 is 4.18 Å². The van der Waals surface area contributed by atoms with E-state index in [-0.39, 0.29) is 5.91 Å². The maximum absolute atomic E-state index is 12.4. The number of nitrogens with zero attached hydrogens (tertiary/aromatic N) is 2. The highest BCUT2D eigenvalue weighted by atomic mass is 35.5. The molecule has 0 aliphatic carbocycles. The molecule has 11 heteroatoms. The zero-order valence-corrected chi connectivity index (χ0v) is 16.1. The Balaban J connectivity index is 2.42. The molecule has 0 radical (unpaired) electrons. The van der Waals surface area contributed by atoms with Crippen LogP contribution in [0.5, 0.6) is 5.75 Å². The highest BCUT2D eigenvalue weighted by Gasteiger charge is 2.48. The van der Waals surface area contributed by atoms with Crippen molar-refractivity contribution in [3.8, 4) is 5.75 Å². The van der Waals surface area contributed by atoms with E-state index in [1.54, 1.807) is 24.3 Å². The monoisotopic (exact) mass is 434 g/mol. The predicted octanol–water partition coefficient (Wildman–Crippen LogP) is 3.80. The van der Waals surface area contributed by atoms with Crippen LogP contribution >= 0.6 is 11.6 Å². The molecule has 0 fully saturated rings. The zero-order chi connectivity index (χ0) is 21.1. The molecular weight excluding hydrogens is 421 g/mol. The Hall–Kier alpha value is -2.59. The van der Waals surface area contributed by atoms with Crippen LogP contribution in [0.4, 0.5) is 13.2 Å². The Labute approximate surface area is 164 Å². The van der Waals surface area contributed by atoms with Gasteiger partial charge in [-0.2, -0.15) is 26.7 Å². The molecule has 0 aliphatic rings. The first kappa shape index (κ1) is 21.7. The van der Waals surface area contributed by atoms with Crippen molar-refractivity contribution in [3.05, 3.63) is 64.7 Å². The van der Waals surface area contributed by atoms with Gasteiger partial charge in [0.2, 0.25) is 5.91 Å². The molecular formula is C17H14ClF3N2O4S. The first-order valence-corrected chi connectivity index (χ1v) is 9.39. The maximum atomic E-state index is 12.4. The molecule has 0 bridgehead atoms. The third-order valence-corrected chi connectivity index (χ3v) is 4.67. The molecule has 0 spiro atoms. The second-order valence-electron chi connectivity index (χ2n) is 5.51. The number of amides is 1. The van der Waals surface area contributed by atoms with Crippen molar-refractivity contribution >= 4 is 33.3 Å². The van der Waals surface area contributed by atoms with Crippen LogP contribution in [-0.4, -0.2) is 37.6 Å². The van der Waals surface area contributed by atoms with Crippen LogP contribution in [0.15, 0.2) is 53.6 Å². The summed E-state index contributed by atoms with van der Waals surface area (Å²) in [5.41, 5.74) is -4.23. The fourth-order valence-corrected chi connectivity index (χ4v) is 2.54. The summed E-state index contributed by atoms with van der Waals surface area (Å²) in [6.07, 6.45) is 0. The van der Waals surface area contributed by atoms with Gasteiger partial charge in [-0.25, -0.2) is 5.01 Å². The standard InChI is InChI=1S/C17H14ClF3N2O4S/c1-11(24)23(2)22-16(12-3-7-14(18)8-4-12)13-5-9-15(10-6-13)27-28(25,26)17(19,20)21/h3-10H,1-2H3/b22-16-. The largest absolute Gasteiger partial charge is 0.534 e. The zero-order valence-electron chi connectivity index (χ0n) is 14.6. The van der Waals surface area contributed by atoms with E-state index in [9.17, 15) is 26.4 Å². The van der Waals surface area contributed by atoms with E-state index in [2.05, 4.69) is 9.28 Å². The predicted molar refractivity (Wildman–Crippen MR) is 97.6 cm³/mol. The van der Waals surface area contributed by atoms with E-state index >= 15 is 0 Å². The number of hydrogen-bond donors (Lipinski definition) is 0. The molecule has 0 atom stereocenters. The van der Waals surface area contributed by atoms with Crippen LogP contribution in [-0.2, 0) is 14.9 Å². The van der Waals surface area contributed by atoms with Crippen LogP contribution < -0.4 is 4.18 Å². The van der Waals surface area contributed by atoms with Gasteiger partial charge in [0, 0.05) is 30.1 Å². The summed E-state index contributed by atoms with van der Waals surface area (Å²) in [5.74, 6) is -0.862. The average molecular weight is 435 g/mol. The van der Waals surface area contributed by atoms with E-state index in [1.807, 2.05) is 0 Å². The van der Waals surface area contributed by atoms with Gasteiger partial charge in [0.15, 0.2) is 0 Å². The van der Waals surface area contributed by atoms with Crippen molar-refractivity contribution in [1.29, 1.82) is 0 Å². The number of carbonyl (C=O) groups is 1. The van der Waals surface area contributed by atoms with Crippen LogP contribution in [0.25, 0.3) is 0 Å². The minimum absolute atomic E-state index is 0.319. The molecule has 2 aromatic carbocycles. The van der Waals surface area contributed by atoms with Crippen LogP contribution in [0.1, 0.15) is 18.1 Å². The van der Waals surface area contributed by atoms with Crippen molar-refractivity contribution < 1.29 is 30.6 Å². The highest BCUT2D eigenvalue weighted by Crippen LogP contribution is 2.27. The van der Waals surface area contributed by atoms with Crippen molar-refractivity contribution in [2.45, 2.75) is 12.4 Å². The molecule has 28 heavy (non-hydrogen) atoms. The van der Waals surface area contributed by atoms with Gasteiger partial charge in [0.1, 0.15) is 5.75 Å². The number of alkyl halides is 3. The van der Waals surface area contributed by atoms with Gasteiger partial charge in [0.25, 0.3) is 0 Å². The van der Waals surface area contributed by atoms with Gasteiger partial charge in [-0.15, -0.1) is 0 Å². The van der Waals surface area contributed by atoms with Gasteiger partial charge >= 0.3 is 15.6 Å². The summed E-state index contributed by atoms with van der Waals surface area (Å²) in [6.45, 7) is 1.31. The van der Waals surface area contributed by atoms with E-state index in [1.165, 1.54) is 26.1 Å². The topological polar surface area (TPSA) is 76.0 Å². The Kier molecular flexibility index (Phi) is 6.35. The molecule has 0 aliphatic heterocycles. The lowest BCUT2D eigenvalue weighted by atomic mass is 10.0. The summed E-state index contributed by atoms with van der Waals surface area (Å²) in [7, 11) is -4.33. The molecule has 0 heterocycles. The second kappa shape index (κ2) is 8.19. The minimum atomic E-state index is -5.77. The third kappa shape index (κ3) is 5.23. The Morgan fingerprint density at radius 3 is 1.93 bits per heavy atom. The number of benzene rings is 2. The quantitative estimate of drug-likeness (QED) is 0.310. The van der Waals surface area contributed by atoms with Crippen molar-refractivity contribution in [2.24, 2.45) is 5.10 Å². The molecule has 0 N–H and O–H groups in total. The first-order valence-electron chi connectivity index (χ1n) is 7.61. The molecule has 2 rings (SSSR count). The smallest absolute Gasteiger partial charge is 0.376 e. The van der Waals surface area contributed by atoms with E-state index in [0.29, 0.717) is 21.9 Å². The van der Waals surface area contributed by atoms with Crippen molar-refractivity contribution in [2.75, 3.05) is 7.05 Å². The van der Waals surface area contributed by atoms with Gasteiger partial charge in [0.05, 0.1) is 5.71 Å². The normalized spacial score (nSPS) is 12.6. The van der Waals surface area contributed by atoms with E-state index in [4.69, 9.17) is 11.6 Å². The molecule has 1 amide bonds. The van der Waals surface area contributed by atoms with Crippen LogP contribution in [0.3, 0.4) is 0 Å². The fourth-order valence-electron chi connectivity index (χ4n) is 1.95. The van der Waals surface area contributed by atoms with Crippen LogP contribution in [0.2, 0.25) is 5.02 Å². The number of hydrazone groups is 1. The lowest BCUT2D eigenvalue weighted by molar-refractivity contribution is -0.127. The van der Waals surface area contributed by atoms with Gasteiger partial charge in [-0.05, 0) is 36.4 Å². The Morgan fingerprint density at radius 2 is 1.50 bits per heavy atom. The SMILES string of the molecule is CC(=O)N(C)/N=C(/c1ccc(Cl)cc1)c1ccc(OS(=O)(=O)C(F)(F)F)cc1. The summed E-state index contributed by atoms with van der Waals surface area (Å²) >= 11 is 5.87. The van der Waals surface area contributed by atoms with Gasteiger partial charge in [-0.1, -0.05) is 23.7 Å². The average Bonchev–Trinajstić information content (AvgIpc) is 2.60. The minimum Gasteiger partial charge on any atom is -0.376 e. The number of rotatable bonds is 5. The lowest BCUT2D eigenvalue weighted by Gasteiger charge is -2.14.